The monoisotopic (exact) mass is 647 g/mol. The summed E-state index contributed by atoms with van der Waals surface area (Å²) in [5, 5.41) is 3.64. The molecule has 1 fully saturated rings. The van der Waals surface area contributed by atoms with E-state index in [2.05, 4.69) is 10.0 Å². The van der Waals surface area contributed by atoms with Gasteiger partial charge in [0.2, 0.25) is 0 Å². The van der Waals surface area contributed by atoms with Crippen molar-refractivity contribution in [1.82, 2.24) is 0 Å². The second-order valence-electron chi connectivity index (χ2n) is 10.5. The predicted octanol–water partition coefficient (Wildman–Crippen LogP) is 8.09. The highest BCUT2D eigenvalue weighted by atomic mass is 31.2. The van der Waals surface area contributed by atoms with E-state index in [0.29, 0.717) is 11.1 Å². The van der Waals surface area contributed by atoms with Crippen LogP contribution in [0.15, 0.2) is 126 Å². The normalized spacial score (nSPS) is 21.4. The summed E-state index contributed by atoms with van der Waals surface area (Å²) in [4.78, 5) is 2.82. The number of ether oxygens (including phenoxy) is 3. The van der Waals surface area contributed by atoms with Gasteiger partial charge in [-0.15, -0.1) is 0 Å². The molecule has 4 aromatic carbocycles. The zero-order valence-electron chi connectivity index (χ0n) is 25.0. The van der Waals surface area contributed by atoms with Crippen LogP contribution in [-0.4, -0.2) is 37.3 Å². The fraction of sp³-hybridized carbons (Fsp3) is 0.294. The van der Waals surface area contributed by atoms with Gasteiger partial charge in [-0.2, -0.15) is 0 Å². The van der Waals surface area contributed by atoms with Gasteiger partial charge in [0.05, 0.1) is 33.0 Å². The van der Waals surface area contributed by atoms with Crippen LogP contribution >= 0.6 is 7.82 Å². The molecule has 0 radical (unpaired) electrons. The zero-order valence-corrected chi connectivity index (χ0v) is 25.9. The molecule has 0 amide bonds. The van der Waals surface area contributed by atoms with Gasteiger partial charge in [-0.25, -0.2) is 8.96 Å². The lowest BCUT2D eigenvalue weighted by Gasteiger charge is -2.42. The molecule has 0 N–H and O–H groups in total. The van der Waals surface area contributed by atoms with E-state index in [1.807, 2.05) is 72.8 Å². The van der Waals surface area contributed by atoms with Crippen LogP contribution in [0.2, 0.25) is 0 Å². The smallest absolute Gasteiger partial charge is 0.374 e. The largest absolute Gasteiger partial charge is 0.477 e. The summed E-state index contributed by atoms with van der Waals surface area (Å²) < 4.78 is 65.8. The molecule has 0 unspecified atom stereocenters. The molecule has 4 aromatic rings. The molecule has 0 bridgehead atoms. The highest BCUT2D eigenvalue weighted by molar-refractivity contribution is 7.48. The quantitative estimate of drug-likeness (QED) is 0.0522. The summed E-state index contributed by atoms with van der Waals surface area (Å²) in [6, 6.07) is 35.2. The van der Waals surface area contributed by atoms with Crippen molar-refractivity contribution >= 4 is 7.82 Å². The lowest BCUT2D eigenvalue weighted by atomic mass is 9.98. The summed E-state index contributed by atoms with van der Waals surface area (Å²) in [6.45, 7) is -0.0582. The Labute approximate surface area is 267 Å². The minimum atomic E-state index is -4.45. The molecule has 1 heterocycles. The van der Waals surface area contributed by atoms with Crippen LogP contribution < -0.4 is 0 Å². The lowest BCUT2D eigenvalue weighted by molar-refractivity contribution is -0.248. The van der Waals surface area contributed by atoms with Gasteiger partial charge in [0, 0.05) is 4.91 Å². The first-order valence-electron chi connectivity index (χ1n) is 14.8. The van der Waals surface area contributed by atoms with Gasteiger partial charge < -0.3 is 14.2 Å². The van der Waals surface area contributed by atoms with E-state index in [0.717, 1.165) is 11.1 Å². The summed E-state index contributed by atoms with van der Waals surface area (Å²) in [5.74, 6) is 0. The summed E-state index contributed by atoms with van der Waals surface area (Å²) in [5.41, 5.74) is 12.5. The van der Waals surface area contributed by atoms with Gasteiger partial charge in [-0.05, 0) is 27.8 Å². The van der Waals surface area contributed by atoms with E-state index in [4.69, 9.17) is 27.8 Å². The maximum Gasteiger partial charge on any atom is 0.477 e. The number of azide groups is 1. The Morgan fingerprint density at radius 1 is 0.717 bits per heavy atom. The van der Waals surface area contributed by atoms with Gasteiger partial charge in [-0.3, -0.25) is 13.6 Å². The van der Waals surface area contributed by atoms with Crippen LogP contribution in [0.1, 0.15) is 22.3 Å². The van der Waals surface area contributed by atoms with Crippen LogP contribution in [0.25, 0.3) is 10.4 Å². The first-order valence-corrected chi connectivity index (χ1v) is 16.3. The number of nitrogens with zero attached hydrogens (tertiary/aromatic N) is 3. The first-order chi connectivity index (χ1) is 22.5. The molecule has 12 heteroatoms. The Hall–Kier alpha value is -3.89. The second-order valence-corrected chi connectivity index (χ2v) is 12.1. The number of hydrogen-bond donors (Lipinski definition) is 0. The summed E-state index contributed by atoms with van der Waals surface area (Å²) in [6.07, 6.45) is -5.80. The molecular formula is C34H35FN3O7P. The molecule has 5 atom stereocenters. The molecule has 0 saturated carbocycles. The Morgan fingerprint density at radius 2 is 1.17 bits per heavy atom. The molecule has 46 heavy (non-hydrogen) atoms. The fourth-order valence-corrected chi connectivity index (χ4v) is 6.03. The van der Waals surface area contributed by atoms with Crippen LogP contribution in [0.3, 0.4) is 0 Å². The fourth-order valence-electron chi connectivity index (χ4n) is 4.79. The average molecular weight is 648 g/mol. The topological polar surface area (TPSA) is 121 Å². The molecule has 0 aliphatic carbocycles. The lowest BCUT2D eigenvalue weighted by Crippen LogP contribution is -2.57. The third-order valence-electron chi connectivity index (χ3n) is 7.16. The van der Waals surface area contributed by atoms with Crippen molar-refractivity contribution in [3.63, 3.8) is 0 Å². The van der Waals surface area contributed by atoms with Crippen molar-refractivity contribution in [2.45, 2.75) is 57.1 Å². The molecule has 0 aromatic heterocycles. The zero-order chi connectivity index (χ0) is 32.0. The molecule has 1 aliphatic heterocycles. The number of benzene rings is 4. The van der Waals surface area contributed by atoms with Gasteiger partial charge >= 0.3 is 7.82 Å². The first kappa shape index (κ1) is 33.5. The van der Waals surface area contributed by atoms with E-state index in [-0.39, 0.29) is 33.0 Å². The standard InChI is InChI=1S/C34H35FN3O7P/c35-31-32(37-38-36)34(45-46(39,42-23-28-17-9-3-10-18-28)43-24-29-19-11-4-12-20-29)44-30(25-40-21-26-13-5-1-6-14-26)33(31)41-22-27-15-7-2-8-16-27/h1-20,30-34H,21-25H2/t30-,31-,32-,33-,34-/m1/s1. The third-order valence-corrected chi connectivity index (χ3v) is 8.51. The maximum absolute atomic E-state index is 16.4. The number of hydrogen-bond acceptors (Lipinski definition) is 8. The van der Waals surface area contributed by atoms with Crippen molar-refractivity contribution in [1.29, 1.82) is 0 Å². The van der Waals surface area contributed by atoms with Gasteiger partial charge in [0.15, 0.2) is 6.29 Å². The average Bonchev–Trinajstić information content (AvgIpc) is 3.10. The molecule has 5 rings (SSSR count). The van der Waals surface area contributed by atoms with Crippen molar-refractivity contribution in [3.8, 4) is 0 Å². The van der Waals surface area contributed by atoms with Crippen molar-refractivity contribution < 1.29 is 36.7 Å². The van der Waals surface area contributed by atoms with Gasteiger partial charge in [-0.1, -0.05) is 126 Å². The molecule has 1 saturated heterocycles. The predicted molar refractivity (Wildman–Crippen MR) is 169 cm³/mol. The summed E-state index contributed by atoms with van der Waals surface area (Å²) in [7, 11) is -4.45. The van der Waals surface area contributed by atoms with Crippen LogP contribution in [0.4, 0.5) is 4.39 Å². The Kier molecular flexibility index (Phi) is 12.5. The molecule has 240 valence electrons. The van der Waals surface area contributed by atoms with Gasteiger partial charge in [0.1, 0.15) is 24.4 Å². The number of halogens is 1. The van der Waals surface area contributed by atoms with Crippen molar-refractivity contribution in [3.05, 3.63) is 154 Å². The summed E-state index contributed by atoms with van der Waals surface area (Å²) >= 11 is 0. The number of alkyl halides is 1. The number of phosphoric ester groups is 1. The SMILES string of the molecule is [N-]=[N+]=N[C@H]1[C@@H](OP(=O)(OCc2ccccc2)OCc2ccccc2)O[C@H](COCc2ccccc2)[C@@H](OCc2ccccc2)[C@@H]1F. The molecular weight excluding hydrogens is 612 g/mol. The maximum atomic E-state index is 16.4. The van der Waals surface area contributed by atoms with E-state index in [1.54, 1.807) is 48.5 Å². The minimum absolute atomic E-state index is 0.0673. The molecule has 10 nitrogen and oxygen atoms in total. The van der Waals surface area contributed by atoms with Crippen LogP contribution in [0.5, 0.6) is 0 Å². The van der Waals surface area contributed by atoms with Crippen LogP contribution in [-0.2, 0) is 58.8 Å². The van der Waals surface area contributed by atoms with E-state index in [1.165, 1.54) is 0 Å². The highest BCUT2D eigenvalue weighted by Crippen LogP contribution is 2.53. The minimum Gasteiger partial charge on any atom is -0.374 e. The van der Waals surface area contributed by atoms with E-state index in [9.17, 15) is 10.1 Å². The van der Waals surface area contributed by atoms with E-state index < -0.39 is 38.5 Å². The van der Waals surface area contributed by atoms with Gasteiger partial charge in [0.25, 0.3) is 0 Å². The van der Waals surface area contributed by atoms with Crippen molar-refractivity contribution in [2.24, 2.45) is 5.11 Å². The molecule has 1 aliphatic rings. The Morgan fingerprint density at radius 3 is 1.65 bits per heavy atom. The van der Waals surface area contributed by atoms with Crippen molar-refractivity contribution in [2.75, 3.05) is 6.61 Å². The third kappa shape index (κ3) is 9.80. The molecule has 0 spiro atoms. The van der Waals surface area contributed by atoms with E-state index >= 15 is 4.39 Å². The van der Waals surface area contributed by atoms with Crippen LogP contribution in [0, 0.1) is 0 Å². The number of phosphoric acid groups is 1. The Balaban J connectivity index is 1.37. The number of rotatable bonds is 16. The second kappa shape index (κ2) is 17.1. The highest BCUT2D eigenvalue weighted by Gasteiger charge is 2.50. The Bertz CT molecular complexity index is 1520.